The van der Waals surface area contributed by atoms with E-state index in [1.54, 1.807) is 4.90 Å². The number of nitrogens with zero attached hydrogens (tertiary/aromatic N) is 1. The molecule has 5 rings (SSSR count). The van der Waals surface area contributed by atoms with E-state index in [9.17, 15) is 19.5 Å². The zero-order valence-corrected chi connectivity index (χ0v) is 20.4. The largest absolute Gasteiger partial charge is 0.480 e. The molecule has 0 saturated carbocycles. The monoisotopic (exact) mass is 504 g/mol. The average Bonchev–Trinajstić information content (AvgIpc) is 2.88. The first-order chi connectivity index (χ1) is 17.0. The number of nitrogens with one attached hydrogen (secondary N) is 1. The molecule has 2 heterocycles. The second-order valence-electron chi connectivity index (χ2n) is 8.64. The molecule has 2 saturated heterocycles. The number of carboxylic acids is 1. The van der Waals surface area contributed by atoms with Crippen LogP contribution in [0.1, 0.15) is 5.56 Å². The molecule has 0 aromatic heterocycles. The van der Waals surface area contributed by atoms with E-state index in [4.69, 9.17) is 0 Å². The lowest BCUT2D eigenvalue weighted by Gasteiger charge is -2.53. The number of aliphatic carboxylic acids is 1. The third-order valence-electron chi connectivity index (χ3n) is 6.25. The molecule has 2 fully saturated rings. The summed E-state index contributed by atoms with van der Waals surface area (Å²) in [6, 6.07) is 26.4. The summed E-state index contributed by atoms with van der Waals surface area (Å²) >= 11 is 2.72. The first kappa shape index (κ1) is 23.5. The molecule has 35 heavy (non-hydrogen) atoms. The van der Waals surface area contributed by atoms with Crippen LogP contribution in [0.25, 0.3) is 11.1 Å². The molecule has 0 spiro atoms. The van der Waals surface area contributed by atoms with Crippen LogP contribution in [0.15, 0.2) is 89.8 Å². The SMILES string of the molecule is O=C(Cc1ccccc1)N[C@@H]1C(=O)N2CC(Sc3ccccc3-c3ccccc3)(C(=O)O)CS[C@H]12. The van der Waals surface area contributed by atoms with Gasteiger partial charge in [0, 0.05) is 17.2 Å². The fraction of sp³-hybridized carbons (Fsp3) is 0.222. The van der Waals surface area contributed by atoms with Crippen molar-refractivity contribution >= 4 is 41.3 Å². The highest BCUT2D eigenvalue weighted by atomic mass is 32.2. The Bertz CT molecular complexity index is 1250. The highest BCUT2D eigenvalue weighted by molar-refractivity contribution is 8.05. The Hall–Kier alpha value is -3.23. The van der Waals surface area contributed by atoms with Gasteiger partial charge in [-0.15, -0.1) is 23.5 Å². The molecule has 178 valence electrons. The van der Waals surface area contributed by atoms with Crippen molar-refractivity contribution in [2.45, 2.75) is 27.5 Å². The van der Waals surface area contributed by atoms with Gasteiger partial charge in [-0.25, -0.2) is 0 Å². The van der Waals surface area contributed by atoms with E-state index in [1.807, 2.05) is 84.9 Å². The number of β-lactam (4-membered cyclic amide) rings is 1. The Morgan fingerprint density at radius 1 is 1.00 bits per heavy atom. The summed E-state index contributed by atoms with van der Waals surface area (Å²) in [5, 5.41) is 12.9. The lowest BCUT2D eigenvalue weighted by atomic mass is 10.0. The van der Waals surface area contributed by atoms with Crippen LogP contribution in [0.3, 0.4) is 0 Å². The molecular weight excluding hydrogens is 480 g/mol. The molecule has 2 amide bonds. The van der Waals surface area contributed by atoms with Crippen LogP contribution in [0.5, 0.6) is 0 Å². The maximum Gasteiger partial charge on any atom is 0.322 e. The number of carbonyl (C=O) groups is 3. The quantitative estimate of drug-likeness (QED) is 0.475. The molecule has 2 aliphatic heterocycles. The van der Waals surface area contributed by atoms with Crippen molar-refractivity contribution in [3.63, 3.8) is 0 Å². The van der Waals surface area contributed by atoms with E-state index in [2.05, 4.69) is 5.32 Å². The van der Waals surface area contributed by atoms with Gasteiger partial charge in [0.2, 0.25) is 11.8 Å². The van der Waals surface area contributed by atoms with Crippen molar-refractivity contribution in [1.82, 2.24) is 10.2 Å². The van der Waals surface area contributed by atoms with E-state index in [0.29, 0.717) is 5.75 Å². The number of fused-ring (bicyclic) bond motifs is 1. The summed E-state index contributed by atoms with van der Waals surface area (Å²) in [4.78, 5) is 40.4. The number of benzene rings is 3. The summed E-state index contributed by atoms with van der Waals surface area (Å²) in [7, 11) is 0. The lowest BCUT2D eigenvalue weighted by molar-refractivity contribution is -0.152. The third kappa shape index (κ3) is 4.68. The van der Waals surface area contributed by atoms with E-state index < -0.39 is 16.8 Å². The van der Waals surface area contributed by atoms with Gasteiger partial charge in [0.25, 0.3) is 0 Å². The van der Waals surface area contributed by atoms with Gasteiger partial charge in [-0.1, -0.05) is 78.9 Å². The van der Waals surface area contributed by atoms with Crippen molar-refractivity contribution < 1.29 is 19.5 Å². The molecule has 6 nitrogen and oxygen atoms in total. The number of rotatable bonds is 7. The fourth-order valence-corrected chi connectivity index (χ4v) is 7.40. The van der Waals surface area contributed by atoms with Crippen molar-refractivity contribution in [3.8, 4) is 11.1 Å². The van der Waals surface area contributed by atoms with Gasteiger partial charge in [0.1, 0.15) is 16.2 Å². The minimum atomic E-state index is -1.18. The molecule has 2 N–H and O–H groups in total. The van der Waals surface area contributed by atoms with Crippen LogP contribution in [-0.4, -0.2) is 56.3 Å². The van der Waals surface area contributed by atoms with Gasteiger partial charge in [-0.2, -0.15) is 0 Å². The normalized spacial score (nSPS) is 23.2. The third-order valence-corrected chi connectivity index (χ3v) is 9.37. The standard InChI is InChI=1S/C27H24N2O4S2/c30-22(15-18-9-3-1-4-10-18)28-23-24(31)29-16-27(26(32)33,17-34-25(23)29)35-21-14-8-7-13-20(21)19-11-5-2-6-12-19/h1-14,23,25H,15-17H2,(H,28,30)(H,32,33)/t23-,25-,27?/m1/s1. The van der Waals surface area contributed by atoms with Gasteiger partial charge < -0.3 is 15.3 Å². The van der Waals surface area contributed by atoms with E-state index >= 15 is 0 Å². The van der Waals surface area contributed by atoms with Crippen LogP contribution in [-0.2, 0) is 20.8 Å². The van der Waals surface area contributed by atoms with Gasteiger partial charge in [-0.3, -0.25) is 14.4 Å². The number of hydrogen-bond acceptors (Lipinski definition) is 5. The Labute approximate surface area is 212 Å². The van der Waals surface area contributed by atoms with Gasteiger partial charge >= 0.3 is 5.97 Å². The molecule has 3 aromatic carbocycles. The summed E-state index contributed by atoms with van der Waals surface area (Å²) in [5.41, 5.74) is 2.86. The predicted molar refractivity (Wildman–Crippen MR) is 138 cm³/mol. The summed E-state index contributed by atoms with van der Waals surface area (Å²) in [5.74, 6) is -1.06. The van der Waals surface area contributed by atoms with E-state index in [0.717, 1.165) is 21.6 Å². The molecule has 3 atom stereocenters. The van der Waals surface area contributed by atoms with E-state index in [-0.39, 0.29) is 30.2 Å². The van der Waals surface area contributed by atoms with Gasteiger partial charge in [-0.05, 0) is 22.8 Å². The summed E-state index contributed by atoms with van der Waals surface area (Å²) in [6.45, 7) is 0.0949. The number of amides is 2. The summed E-state index contributed by atoms with van der Waals surface area (Å²) < 4.78 is -1.18. The lowest BCUT2D eigenvalue weighted by Crippen LogP contribution is -2.74. The van der Waals surface area contributed by atoms with Crippen LogP contribution in [0.2, 0.25) is 0 Å². The minimum Gasteiger partial charge on any atom is -0.480 e. The second kappa shape index (κ2) is 9.79. The van der Waals surface area contributed by atoms with Crippen LogP contribution >= 0.6 is 23.5 Å². The first-order valence-electron chi connectivity index (χ1n) is 11.3. The number of carboxylic acid groups (broad SMARTS) is 1. The van der Waals surface area contributed by atoms with Crippen molar-refractivity contribution in [3.05, 3.63) is 90.5 Å². The van der Waals surface area contributed by atoms with Crippen LogP contribution in [0, 0.1) is 0 Å². The molecule has 0 bridgehead atoms. The minimum absolute atomic E-state index is 0.0949. The second-order valence-corrected chi connectivity index (χ2v) is 11.2. The molecule has 0 aliphatic carbocycles. The highest BCUT2D eigenvalue weighted by Crippen LogP contribution is 2.48. The van der Waals surface area contributed by atoms with Crippen LogP contribution in [0.4, 0.5) is 0 Å². The maximum atomic E-state index is 12.9. The summed E-state index contributed by atoms with van der Waals surface area (Å²) in [6.07, 6.45) is 0.202. The fourth-order valence-electron chi connectivity index (χ4n) is 4.41. The van der Waals surface area contributed by atoms with Crippen molar-refractivity contribution in [2.24, 2.45) is 0 Å². The topological polar surface area (TPSA) is 86.7 Å². The molecule has 8 heteroatoms. The molecular formula is C27H24N2O4S2. The smallest absolute Gasteiger partial charge is 0.322 e. The Balaban J connectivity index is 1.30. The first-order valence-corrected chi connectivity index (χ1v) is 13.2. The van der Waals surface area contributed by atoms with Crippen molar-refractivity contribution in [2.75, 3.05) is 12.3 Å². The predicted octanol–water partition coefficient (Wildman–Crippen LogP) is 3.91. The average molecular weight is 505 g/mol. The maximum absolute atomic E-state index is 12.9. The van der Waals surface area contributed by atoms with Crippen molar-refractivity contribution in [1.29, 1.82) is 0 Å². The Morgan fingerprint density at radius 2 is 1.66 bits per heavy atom. The molecule has 3 aromatic rings. The van der Waals surface area contributed by atoms with Gasteiger partial charge in [0.15, 0.2) is 0 Å². The zero-order chi connectivity index (χ0) is 24.4. The van der Waals surface area contributed by atoms with Crippen LogP contribution < -0.4 is 5.32 Å². The van der Waals surface area contributed by atoms with Gasteiger partial charge in [0.05, 0.1) is 6.42 Å². The molecule has 2 aliphatic rings. The number of carbonyl (C=O) groups excluding carboxylic acids is 2. The number of hydrogen-bond donors (Lipinski definition) is 2. The Morgan fingerprint density at radius 3 is 2.37 bits per heavy atom. The highest BCUT2D eigenvalue weighted by Gasteiger charge is 2.58. The molecule has 1 unspecified atom stereocenters. The Kier molecular flexibility index (Phi) is 6.58. The zero-order valence-electron chi connectivity index (χ0n) is 18.8. The number of thioether (sulfide) groups is 2. The van der Waals surface area contributed by atoms with E-state index in [1.165, 1.54) is 23.5 Å². The molecule has 0 radical (unpaired) electrons.